The first-order chi connectivity index (χ1) is 19.7. The molecule has 3 heterocycles. The lowest BCUT2D eigenvalue weighted by molar-refractivity contribution is 0.0375. The average molecular weight is 581 g/mol. The van der Waals surface area contributed by atoms with Gasteiger partial charge in [0, 0.05) is 65.7 Å². The number of hydrogen-bond acceptors (Lipinski definition) is 7. The summed E-state index contributed by atoms with van der Waals surface area (Å²) >= 11 is 1.41. The highest BCUT2D eigenvalue weighted by atomic mass is 32.1. The van der Waals surface area contributed by atoms with Crippen molar-refractivity contribution in [2.24, 2.45) is 0 Å². The molecule has 1 fully saturated rings. The van der Waals surface area contributed by atoms with Gasteiger partial charge >= 0.3 is 0 Å². The number of thiazole rings is 1. The standard InChI is InChI=1S/C32H41FN4O3S/c1-31(2,3)24-11-9-23(10-12-24)22-37-19-15-32(40-28-25(33)7-5-8-26(28)37)13-17-36(18-14-32)30-35-21-27(41-30)29(38)34-16-6-20-39-4/h5,7-12,21H,6,13-20,22H2,1-4H3,(H,34,38). The Morgan fingerprint density at radius 3 is 2.56 bits per heavy atom. The number of benzene rings is 2. The second-order valence-corrected chi connectivity index (χ2v) is 13.1. The zero-order chi connectivity index (χ0) is 29.0. The van der Waals surface area contributed by atoms with Crippen molar-refractivity contribution in [3.05, 3.63) is 70.5 Å². The molecule has 2 aromatic carbocycles. The summed E-state index contributed by atoms with van der Waals surface area (Å²) < 4.78 is 26.9. The van der Waals surface area contributed by atoms with Gasteiger partial charge in [-0.15, -0.1) is 0 Å². The van der Waals surface area contributed by atoms with E-state index in [1.54, 1.807) is 19.4 Å². The van der Waals surface area contributed by atoms with Crippen LogP contribution in [0.2, 0.25) is 0 Å². The molecule has 0 bridgehead atoms. The van der Waals surface area contributed by atoms with Crippen LogP contribution >= 0.6 is 11.3 Å². The van der Waals surface area contributed by atoms with E-state index >= 15 is 4.39 Å². The highest BCUT2D eigenvalue weighted by molar-refractivity contribution is 7.17. The fourth-order valence-electron chi connectivity index (χ4n) is 5.55. The quantitative estimate of drug-likeness (QED) is 0.321. The number of nitrogens with one attached hydrogen (secondary N) is 1. The van der Waals surface area contributed by atoms with Crippen LogP contribution in [0, 0.1) is 5.82 Å². The highest BCUT2D eigenvalue weighted by Crippen LogP contribution is 2.43. The van der Waals surface area contributed by atoms with E-state index in [1.807, 2.05) is 6.07 Å². The monoisotopic (exact) mass is 580 g/mol. The van der Waals surface area contributed by atoms with E-state index in [0.717, 1.165) is 56.1 Å². The predicted molar refractivity (Wildman–Crippen MR) is 163 cm³/mol. The van der Waals surface area contributed by atoms with Gasteiger partial charge in [0.05, 0.1) is 11.9 Å². The lowest BCUT2D eigenvalue weighted by Crippen LogP contribution is -2.48. The largest absolute Gasteiger partial charge is 0.482 e. The number of fused-ring (bicyclic) bond motifs is 1. The fraction of sp³-hybridized carbons (Fsp3) is 0.500. The Hall–Kier alpha value is -3.17. The number of halogens is 1. The Kier molecular flexibility index (Phi) is 8.85. The average Bonchev–Trinajstić information content (AvgIpc) is 3.40. The van der Waals surface area contributed by atoms with Crippen molar-refractivity contribution >= 4 is 28.1 Å². The van der Waals surface area contributed by atoms with Gasteiger partial charge in [0.2, 0.25) is 0 Å². The maximum absolute atomic E-state index is 15.2. The number of rotatable bonds is 8. The number of ether oxygens (including phenoxy) is 2. The molecular weight excluding hydrogens is 539 g/mol. The van der Waals surface area contributed by atoms with Crippen molar-refractivity contribution in [3.63, 3.8) is 0 Å². The minimum Gasteiger partial charge on any atom is -0.482 e. The van der Waals surface area contributed by atoms with Crippen LogP contribution in [-0.2, 0) is 16.7 Å². The molecule has 41 heavy (non-hydrogen) atoms. The Balaban J connectivity index is 1.26. The van der Waals surface area contributed by atoms with Crippen LogP contribution in [0.25, 0.3) is 0 Å². The Morgan fingerprint density at radius 2 is 1.85 bits per heavy atom. The maximum Gasteiger partial charge on any atom is 0.263 e. The van der Waals surface area contributed by atoms with Gasteiger partial charge in [-0.05, 0) is 35.1 Å². The van der Waals surface area contributed by atoms with Crippen LogP contribution in [-0.4, -0.2) is 56.4 Å². The first-order valence-electron chi connectivity index (χ1n) is 14.5. The molecule has 1 N–H and O–H groups in total. The summed E-state index contributed by atoms with van der Waals surface area (Å²) in [6.07, 6.45) is 4.74. The van der Waals surface area contributed by atoms with Crippen LogP contribution in [0.4, 0.5) is 15.2 Å². The van der Waals surface area contributed by atoms with Gasteiger partial charge in [-0.3, -0.25) is 4.79 Å². The molecule has 1 saturated heterocycles. The normalized spacial score (nSPS) is 16.7. The smallest absolute Gasteiger partial charge is 0.263 e. The molecule has 7 nitrogen and oxygen atoms in total. The van der Waals surface area contributed by atoms with Gasteiger partial charge in [-0.1, -0.05) is 62.4 Å². The Bertz CT molecular complexity index is 1330. The Labute approximate surface area is 246 Å². The zero-order valence-corrected chi connectivity index (χ0v) is 25.4. The fourth-order valence-corrected chi connectivity index (χ4v) is 6.43. The van der Waals surface area contributed by atoms with Gasteiger partial charge in [0.25, 0.3) is 5.91 Å². The summed E-state index contributed by atoms with van der Waals surface area (Å²) in [5.41, 5.74) is 2.96. The van der Waals surface area contributed by atoms with Crippen molar-refractivity contribution in [1.29, 1.82) is 0 Å². The molecule has 1 amide bonds. The summed E-state index contributed by atoms with van der Waals surface area (Å²) in [5, 5.41) is 3.76. The van der Waals surface area contributed by atoms with E-state index < -0.39 is 5.60 Å². The van der Waals surface area contributed by atoms with Gasteiger partial charge in [-0.25, -0.2) is 9.37 Å². The van der Waals surface area contributed by atoms with Gasteiger partial charge in [0.1, 0.15) is 10.5 Å². The van der Waals surface area contributed by atoms with Gasteiger partial charge in [-0.2, -0.15) is 0 Å². The zero-order valence-electron chi connectivity index (χ0n) is 24.5. The summed E-state index contributed by atoms with van der Waals surface area (Å²) in [5.74, 6) is -0.0718. The topological polar surface area (TPSA) is 66.9 Å². The molecule has 220 valence electrons. The number of para-hydroxylation sites is 1. The van der Waals surface area contributed by atoms with Gasteiger partial charge in [0.15, 0.2) is 16.7 Å². The predicted octanol–water partition coefficient (Wildman–Crippen LogP) is 6.17. The number of methoxy groups -OCH3 is 1. The number of aromatic nitrogens is 1. The molecule has 0 radical (unpaired) electrons. The molecule has 9 heteroatoms. The van der Waals surface area contributed by atoms with Crippen LogP contribution in [0.15, 0.2) is 48.7 Å². The van der Waals surface area contributed by atoms with Crippen LogP contribution in [0.1, 0.15) is 67.3 Å². The van der Waals surface area contributed by atoms with E-state index in [-0.39, 0.29) is 17.1 Å². The molecule has 0 saturated carbocycles. The third kappa shape index (κ3) is 6.84. The van der Waals surface area contributed by atoms with Crippen LogP contribution in [0.5, 0.6) is 5.75 Å². The molecular formula is C32H41FN4O3S. The number of amides is 1. The molecule has 1 spiro atoms. The Morgan fingerprint density at radius 1 is 1.12 bits per heavy atom. The first kappa shape index (κ1) is 29.3. The van der Waals surface area contributed by atoms with Crippen molar-refractivity contribution in [2.75, 3.05) is 49.7 Å². The van der Waals surface area contributed by atoms with E-state index in [4.69, 9.17) is 9.47 Å². The lowest BCUT2D eigenvalue weighted by atomic mass is 9.86. The number of carbonyl (C=O) groups is 1. The summed E-state index contributed by atoms with van der Waals surface area (Å²) in [7, 11) is 1.65. The van der Waals surface area contributed by atoms with E-state index in [9.17, 15) is 4.79 Å². The molecule has 0 aliphatic carbocycles. The van der Waals surface area contributed by atoms with Crippen molar-refractivity contribution in [2.45, 2.75) is 64.0 Å². The molecule has 2 aliphatic rings. The maximum atomic E-state index is 15.2. The summed E-state index contributed by atoms with van der Waals surface area (Å²) in [6.45, 7) is 10.8. The molecule has 3 aromatic rings. The highest BCUT2D eigenvalue weighted by Gasteiger charge is 2.41. The number of hydrogen-bond donors (Lipinski definition) is 1. The second kappa shape index (κ2) is 12.4. The first-order valence-corrected chi connectivity index (χ1v) is 15.3. The minimum absolute atomic E-state index is 0.0998. The SMILES string of the molecule is COCCCNC(=O)c1cnc(N2CCC3(CC2)CCN(Cc2ccc(C(C)(C)C)cc2)c2cccc(F)c2O3)s1. The molecule has 0 atom stereocenters. The van der Waals surface area contributed by atoms with Crippen molar-refractivity contribution < 1.29 is 18.7 Å². The lowest BCUT2D eigenvalue weighted by Gasteiger charge is -2.41. The molecule has 2 aliphatic heterocycles. The summed E-state index contributed by atoms with van der Waals surface area (Å²) in [6, 6.07) is 14.0. The van der Waals surface area contributed by atoms with Crippen LogP contribution < -0.4 is 19.9 Å². The number of piperidine rings is 1. The van der Waals surface area contributed by atoms with Crippen LogP contribution in [0.3, 0.4) is 0 Å². The molecule has 1 aromatic heterocycles. The second-order valence-electron chi connectivity index (χ2n) is 12.1. The van der Waals surface area contributed by atoms with E-state index in [0.29, 0.717) is 30.3 Å². The number of anilines is 2. The van der Waals surface area contributed by atoms with E-state index in [2.05, 4.69) is 65.1 Å². The van der Waals surface area contributed by atoms with Gasteiger partial charge < -0.3 is 24.6 Å². The summed E-state index contributed by atoms with van der Waals surface area (Å²) in [4.78, 5) is 22.1. The third-order valence-corrected chi connectivity index (χ3v) is 9.17. The van der Waals surface area contributed by atoms with E-state index in [1.165, 1.54) is 28.5 Å². The third-order valence-electron chi connectivity index (χ3n) is 8.11. The number of carbonyl (C=O) groups excluding carboxylic acids is 1. The van der Waals surface area contributed by atoms with Crippen molar-refractivity contribution in [1.82, 2.24) is 10.3 Å². The minimum atomic E-state index is -0.447. The molecule has 0 unspecified atom stereocenters. The van der Waals surface area contributed by atoms with Crippen molar-refractivity contribution in [3.8, 4) is 5.75 Å². The number of nitrogens with zero attached hydrogens (tertiary/aromatic N) is 3. The molecule has 5 rings (SSSR count).